The molecule has 3 aromatic rings. The van der Waals surface area contributed by atoms with E-state index in [1.165, 1.54) is 18.2 Å². The lowest BCUT2D eigenvalue weighted by molar-refractivity contribution is -0.149. The summed E-state index contributed by atoms with van der Waals surface area (Å²) >= 11 is 3.54. The lowest BCUT2D eigenvalue weighted by Gasteiger charge is -2.22. The normalized spacial score (nSPS) is 14.5. The Balaban J connectivity index is 1.68. The third-order valence-corrected chi connectivity index (χ3v) is 6.74. The maximum Gasteiger partial charge on any atom is 0.344 e. The van der Waals surface area contributed by atoms with Crippen molar-refractivity contribution in [2.24, 2.45) is 5.10 Å². The summed E-state index contributed by atoms with van der Waals surface area (Å²) < 4.78 is 18.3. The van der Waals surface area contributed by atoms with E-state index < -0.39 is 5.97 Å². The number of fused-ring (bicyclic) bond motifs is 1. The fourth-order valence-corrected chi connectivity index (χ4v) is 4.78. The van der Waals surface area contributed by atoms with Crippen LogP contribution in [0.1, 0.15) is 63.3 Å². The Morgan fingerprint density at radius 2 is 1.94 bits per heavy atom. The van der Waals surface area contributed by atoms with Gasteiger partial charge < -0.3 is 14.2 Å². The molecule has 1 saturated carbocycles. The van der Waals surface area contributed by atoms with Crippen molar-refractivity contribution in [2.75, 3.05) is 13.7 Å². The van der Waals surface area contributed by atoms with Crippen molar-refractivity contribution in [1.82, 2.24) is 9.66 Å². The number of esters is 1. The summed E-state index contributed by atoms with van der Waals surface area (Å²) in [6.07, 6.45) is 6.80. The third kappa shape index (κ3) is 5.95. The number of aromatic nitrogens is 2. The van der Waals surface area contributed by atoms with E-state index in [-0.39, 0.29) is 24.2 Å². The van der Waals surface area contributed by atoms with E-state index in [1.54, 1.807) is 38.3 Å². The van der Waals surface area contributed by atoms with Crippen molar-refractivity contribution in [1.29, 1.82) is 0 Å². The fraction of sp³-hybridized carbons (Fsp3) is 0.407. The Bertz CT molecular complexity index is 1330. The van der Waals surface area contributed by atoms with Gasteiger partial charge in [0.15, 0.2) is 18.1 Å². The van der Waals surface area contributed by atoms with Crippen molar-refractivity contribution in [3.63, 3.8) is 0 Å². The van der Waals surface area contributed by atoms with E-state index >= 15 is 0 Å². The van der Waals surface area contributed by atoms with Crippen LogP contribution in [0.15, 0.2) is 50.8 Å². The summed E-state index contributed by atoms with van der Waals surface area (Å²) in [7, 11) is 1.52. The van der Waals surface area contributed by atoms with Crippen LogP contribution in [0.25, 0.3) is 10.9 Å². The van der Waals surface area contributed by atoms with E-state index in [4.69, 9.17) is 19.2 Å². The first kappa shape index (κ1) is 25.9. The Labute approximate surface area is 218 Å². The van der Waals surface area contributed by atoms with Crippen LogP contribution in [-0.4, -0.2) is 41.7 Å². The molecule has 0 saturated heterocycles. The van der Waals surface area contributed by atoms with Crippen LogP contribution in [0, 0.1) is 0 Å². The Hall–Kier alpha value is -3.20. The van der Waals surface area contributed by atoms with Crippen molar-refractivity contribution in [2.45, 2.75) is 58.0 Å². The van der Waals surface area contributed by atoms with Crippen molar-refractivity contribution >= 4 is 39.0 Å². The molecule has 1 aliphatic rings. The highest BCUT2D eigenvalue weighted by Crippen LogP contribution is 2.34. The van der Waals surface area contributed by atoms with Crippen LogP contribution in [0.4, 0.5) is 0 Å². The lowest BCUT2D eigenvalue weighted by atomic mass is 9.88. The van der Waals surface area contributed by atoms with Crippen LogP contribution in [0.5, 0.6) is 11.5 Å². The van der Waals surface area contributed by atoms with Gasteiger partial charge in [0.05, 0.1) is 30.3 Å². The van der Waals surface area contributed by atoms with E-state index in [0.717, 1.165) is 25.7 Å². The Morgan fingerprint density at radius 3 is 2.67 bits per heavy atom. The minimum Gasteiger partial charge on any atom is -0.493 e. The zero-order chi connectivity index (χ0) is 25.7. The molecule has 1 heterocycles. The summed E-state index contributed by atoms with van der Waals surface area (Å²) in [5.41, 5.74) is 1.18. The van der Waals surface area contributed by atoms with Gasteiger partial charge in [-0.25, -0.2) is 9.78 Å². The highest BCUT2D eigenvalue weighted by molar-refractivity contribution is 9.10. The van der Waals surface area contributed by atoms with Crippen LogP contribution in [0.3, 0.4) is 0 Å². The average Bonchev–Trinajstić information content (AvgIpc) is 2.87. The van der Waals surface area contributed by atoms with Gasteiger partial charge in [-0.3, -0.25) is 4.79 Å². The molecule has 0 amide bonds. The van der Waals surface area contributed by atoms with Crippen molar-refractivity contribution in [3.05, 3.63) is 62.6 Å². The molecule has 4 rings (SSSR count). The number of carbonyl (C=O) groups is 1. The van der Waals surface area contributed by atoms with E-state index in [0.29, 0.717) is 38.3 Å². The van der Waals surface area contributed by atoms with E-state index in [2.05, 4.69) is 21.0 Å². The molecule has 36 heavy (non-hydrogen) atoms. The summed E-state index contributed by atoms with van der Waals surface area (Å²) in [4.78, 5) is 30.1. The quantitative estimate of drug-likeness (QED) is 0.272. The van der Waals surface area contributed by atoms with Crippen LogP contribution in [0.2, 0.25) is 0 Å². The first-order valence-corrected chi connectivity index (χ1v) is 12.9. The maximum absolute atomic E-state index is 13.4. The number of ether oxygens (including phenoxy) is 3. The van der Waals surface area contributed by atoms with Gasteiger partial charge in [-0.15, -0.1) is 0 Å². The molecule has 0 radical (unpaired) electrons. The minimum atomic E-state index is -0.466. The number of methoxy groups -OCH3 is 1. The Kier molecular flexibility index (Phi) is 8.40. The lowest BCUT2D eigenvalue weighted by Crippen LogP contribution is -2.25. The molecule has 1 fully saturated rings. The molecular weight excluding hydrogens is 526 g/mol. The second kappa shape index (κ2) is 11.7. The molecule has 0 bridgehead atoms. The highest BCUT2D eigenvalue weighted by atomic mass is 79.9. The van der Waals surface area contributed by atoms with Gasteiger partial charge in [-0.1, -0.05) is 31.4 Å². The van der Waals surface area contributed by atoms with Gasteiger partial charge in [-0.2, -0.15) is 9.78 Å². The molecule has 1 aliphatic carbocycles. The molecule has 8 nitrogen and oxygen atoms in total. The maximum atomic E-state index is 13.4. The second-order valence-electron chi connectivity index (χ2n) is 9.04. The van der Waals surface area contributed by atoms with E-state index in [1.807, 2.05) is 18.2 Å². The molecule has 2 aromatic carbocycles. The standard InChI is InChI=1S/C27H30BrN3O5/c1-17(2)36-25(32)16-35-24-14-21(28)19(13-23(24)34-3)15-29-31-26(18-9-5-4-6-10-18)30-22-12-8-7-11-20(22)27(31)33/h7-8,11-15,17-18H,4-6,9-10,16H2,1-3H3. The molecule has 0 spiro atoms. The largest absolute Gasteiger partial charge is 0.493 e. The number of benzene rings is 2. The number of hydrogen-bond acceptors (Lipinski definition) is 7. The molecule has 0 unspecified atom stereocenters. The van der Waals surface area contributed by atoms with Crippen molar-refractivity contribution < 1.29 is 19.0 Å². The summed E-state index contributed by atoms with van der Waals surface area (Å²) in [6.45, 7) is 3.32. The third-order valence-electron chi connectivity index (χ3n) is 6.06. The summed E-state index contributed by atoms with van der Waals surface area (Å²) in [5.74, 6) is 1.23. The number of nitrogens with zero attached hydrogens (tertiary/aromatic N) is 3. The molecule has 0 aliphatic heterocycles. The zero-order valence-corrected chi connectivity index (χ0v) is 22.3. The van der Waals surface area contributed by atoms with Gasteiger partial charge in [0, 0.05) is 16.0 Å². The number of carbonyl (C=O) groups excluding carboxylic acids is 1. The average molecular weight is 556 g/mol. The number of rotatable bonds is 8. The smallest absolute Gasteiger partial charge is 0.344 e. The summed E-state index contributed by atoms with van der Waals surface area (Å²) in [5, 5.41) is 5.12. The van der Waals surface area contributed by atoms with Crippen molar-refractivity contribution in [3.8, 4) is 11.5 Å². The van der Waals surface area contributed by atoms with E-state index in [9.17, 15) is 9.59 Å². The van der Waals surface area contributed by atoms with Crippen LogP contribution >= 0.6 is 15.9 Å². The number of hydrogen-bond donors (Lipinski definition) is 0. The van der Waals surface area contributed by atoms with Gasteiger partial charge in [0.25, 0.3) is 5.56 Å². The van der Waals surface area contributed by atoms with Crippen LogP contribution in [-0.2, 0) is 9.53 Å². The fourth-order valence-electron chi connectivity index (χ4n) is 4.35. The predicted molar refractivity (Wildman–Crippen MR) is 142 cm³/mol. The SMILES string of the molecule is COc1cc(C=Nn2c(C3CCCCC3)nc3ccccc3c2=O)c(Br)cc1OCC(=O)OC(C)C. The Morgan fingerprint density at radius 1 is 1.19 bits per heavy atom. The molecule has 0 N–H and O–H groups in total. The molecule has 0 atom stereocenters. The summed E-state index contributed by atoms with van der Waals surface area (Å²) in [6, 6.07) is 10.8. The van der Waals surface area contributed by atoms with Gasteiger partial charge in [-0.05, 0) is 66.9 Å². The van der Waals surface area contributed by atoms with Gasteiger partial charge in [0.2, 0.25) is 0 Å². The number of para-hydroxylation sites is 1. The topological polar surface area (TPSA) is 92.0 Å². The second-order valence-corrected chi connectivity index (χ2v) is 9.89. The molecule has 9 heteroatoms. The predicted octanol–water partition coefficient (Wildman–Crippen LogP) is 5.43. The molecule has 1 aromatic heterocycles. The monoisotopic (exact) mass is 555 g/mol. The molecule has 190 valence electrons. The zero-order valence-electron chi connectivity index (χ0n) is 20.7. The highest BCUT2D eigenvalue weighted by Gasteiger charge is 2.22. The first-order valence-electron chi connectivity index (χ1n) is 12.1. The van der Waals surface area contributed by atoms with Gasteiger partial charge in [0.1, 0.15) is 5.82 Å². The van der Waals surface area contributed by atoms with Gasteiger partial charge >= 0.3 is 5.97 Å². The minimum absolute atomic E-state index is 0.188. The first-order chi connectivity index (χ1) is 17.4. The van der Waals surface area contributed by atoms with Crippen LogP contribution < -0.4 is 15.0 Å². The number of halogens is 1. The molecular formula is C27H30BrN3O5.